The lowest BCUT2D eigenvalue weighted by molar-refractivity contribution is -0.115. The second kappa shape index (κ2) is 11.9. The first-order valence-corrected chi connectivity index (χ1v) is 12.7. The Hall–Kier alpha value is -3.95. The summed E-state index contributed by atoms with van der Waals surface area (Å²) in [6.45, 7) is 0. The summed E-state index contributed by atoms with van der Waals surface area (Å²) < 4.78 is 14.9. The average molecular weight is 579 g/mol. The standard InChI is InChI=1S/C28H20BrFN2O4S/c29-18-10-15-24(23(30)16-18)32-27(34)25(17-6-2-1-3-7-17)37-20-13-11-19(12-14-20)31-26(33)21-8-4-5-9-22(21)28(35)36/h1-16,25H,(H,31,33)(H,32,34)(H,35,36). The van der Waals surface area contributed by atoms with Gasteiger partial charge in [-0.1, -0.05) is 58.4 Å². The Labute approximate surface area is 225 Å². The van der Waals surface area contributed by atoms with Gasteiger partial charge in [0.25, 0.3) is 5.91 Å². The van der Waals surface area contributed by atoms with E-state index >= 15 is 0 Å². The third-order valence-electron chi connectivity index (χ3n) is 5.30. The van der Waals surface area contributed by atoms with Gasteiger partial charge in [0.05, 0.1) is 16.8 Å². The molecule has 2 amide bonds. The van der Waals surface area contributed by atoms with Crippen LogP contribution >= 0.6 is 27.7 Å². The van der Waals surface area contributed by atoms with Crippen molar-refractivity contribution in [2.24, 2.45) is 0 Å². The van der Waals surface area contributed by atoms with Crippen LogP contribution in [0.4, 0.5) is 15.8 Å². The van der Waals surface area contributed by atoms with Crippen LogP contribution in [0.2, 0.25) is 0 Å². The Morgan fingerprint density at radius 1 is 0.811 bits per heavy atom. The highest BCUT2D eigenvalue weighted by Crippen LogP contribution is 2.37. The number of thioether (sulfide) groups is 1. The quantitative estimate of drug-likeness (QED) is 0.195. The number of benzene rings is 4. The molecule has 0 heterocycles. The monoisotopic (exact) mass is 578 g/mol. The molecular formula is C28H20BrFN2O4S. The van der Waals surface area contributed by atoms with Crippen molar-refractivity contribution < 1.29 is 23.9 Å². The fourth-order valence-corrected chi connectivity index (χ4v) is 4.87. The Kier molecular flexibility index (Phi) is 8.37. The van der Waals surface area contributed by atoms with E-state index in [-0.39, 0.29) is 22.7 Å². The van der Waals surface area contributed by atoms with Gasteiger partial charge >= 0.3 is 5.97 Å². The molecule has 4 aromatic rings. The van der Waals surface area contributed by atoms with Gasteiger partial charge in [0.1, 0.15) is 11.1 Å². The number of carbonyl (C=O) groups excluding carboxylic acids is 2. The van der Waals surface area contributed by atoms with Crippen LogP contribution in [0.5, 0.6) is 0 Å². The van der Waals surface area contributed by atoms with Crippen LogP contribution in [-0.4, -0.2) is 22.9 Å². The van der Waals surface area contributed by atoms with Crippen molar-refractivity contribution in [1.29, 1.82) is 0 Å². The van der Waals surface area contributed by atoms with Crippen LogP contribution < -0.4 is 10.6 Å². The average Bonchev–Trinajstić information content (AvgIpc) is 2.90. The molecule has 0 bridgehead atoms. The third kappa shape index (κ3) is 6.63. The summed E-state index contributed by atoms with van der Waals surface area (Å²) in [6, 6.07) is 26.3. The summed E-state index contributed by atoms with van der Waals surface area (Å²) in [5.74, 6) is -2.67. The van der Waals surface area contributed by atoms with Crippen LogP contribution in [0.3, 0.4) is 0 Å². The Morgan fingerprint density at radius 3 is 2.11 bits per heavy atom. The number of aromatic carboxylic acids is 1. The van der Waals surface area contributed by atoms with E-state index in [1.165, 1.54) is 36.0 Å². The number of anilines is 2. The number of carbonyl (C=O) groups is 3. The number of carboxylic acid groups (broad SMARTS) is 1. The van der Waals surface area contributed by atoms with E-state index in [0.29, 0.717) is 10.2 Å². The van der Waals surface area contributed by atoms with Gasteiger partial charge in [0.15, 0.2) is 0 Å². The molecule has 0 radical (unpaired) electrons. The van der Waals surface area contributed by atoms with E-state index < -0.39 is 22.9 Å². The number of halogens is 2. The van der Waals surface area contributed by atoms with Gasteiger partial charge in [0.2, 0.25) is 5.91 Å². The second-order valence-corrected chi connectivity index (χ2v) is 9.95. The lowest BCUT2D eigenvalue weighted by Gasteiger charge is -2.18. The first-order valence-electron chi connectivity index (χ1n) is 11.0. The Bertz CT molecular complexity index is 1450. The maximum absolute atomic E-state index is 14.3. The number of carboxylic acids is 1. The highest BCUT2D eigenvalue weighted by molar-refractivity contribution is 9.10. The van der Waals surface area contributed by atoms with Crippen LogP contribution in [0, 0.1) is 5.82 Å². The van der Waals surface area contributed by atoms with Crippen molar-refractivity contribution in [2.45, 2.75) is 10.1 Å². The molecule has 1 atom stereocenters. The third-order valence-corrected chi connectivity index (χ3v) is 7.06. The minimum Gasteiger partial charge on any atom is -0.478 e. The zero-order valence-corrected chi connectivity index (χ0v) is 21.6. The number of nitrogens with one attached hydrogen (secondary N) is 2. The van der Waals surface area contributed by atoms with E-state index in [9.17, 15) is 23.9 Å². The molecule has 0 aliphatic heterocycles. The fraction of sp³-hybridized carbons (Fsp3) is 0.0357. The summed E-state index contributed by atoms with van der Waals surface area (Å²) in [5, 5.41) is 14.0. The van der Waals surface area contributed by atoms with Crippen LogP contribution in [-0.2, 0) is 4.79 Å². The maximum Gasteiger partial charge on any atom is 0.336 e. The lowest BCUT2D eigenvalue weighted by atomic mass is 10.1. The molecule has 0 fully saturated rings. The highest BCUT2D eigenvalue weighted by atomic mass is 79.9. The summed E-state index contributed by atoms with van der Waals surface area (Å²) in [5.41, 5.74) is 1.24. The highest BCUT2D eigenvalue weighted by Gasteiger charge is 2.23. The Balaban J connectivity index is 1.51. The van der Waals surface area contributed by atoms with E-state index in [2.05, 4.69) is 26.6 Å². The van der Waals surface area contributed by atoms with Crippen LogP contribution in [0.15, 0.2) is 106 Å². The topological polar surface area (TPSA) is 95.5 Å². The smallest absolute Gasteiger partial charge is 0.336 e. The van der Waals surface area contributed by atoms with Gasteiger partial charge in [-0.15, -0.1) is 11.8 Å². The molecule has 0 aliphatic rings. The number of hydrogen-bond donors (Lipinski definition) is 3. The minimum absolute atomic E-state index is 0.0504. The van der Waals surface area contributed by atoms with Gasteiger partial charge in [-0.3, -0.25) is 9.59 Å². The van der Waals surface area contributed by atoms with Crippen molar-refractivity contribution >= 4 is 56.9 Å². The normalized spacial score (nSPS) is 11.4. The summed E-state index contributed by atoms with van der Waals surface area (Å²) in [4.78, 5) is 38.0. The molecule has 4 rings (SSSR count). The summed E-state index contributed by atoms with van der Waals surface area (Å²) in [7, 11) is 0. The van der Waals surface area contributed by atoms with Gasteiger partial charge < -0.3 is 15.7 Å². The molecule has 4 aromatic carbocycles. The summed E-state index contributed by atoms with van der Waals surface area (Å²) >= 11 is 4.48. The number of amides is 2. The van der Waals surface area contributed by atoms with Crippen molar-refractivity contribution in [1.82, 2.24) is 0 Å². The summed E-state index contributed by atoms with van der Waals surface area (Å²) in [6.07, 6.45) is 0. The van der Waals surface area contributed by atoms with E-state index in [0.717, 1.165) is 10.5 Å². The lowest BCUT2D eigenvalue weighted by Crippen LogP contribution is -2.19. The molecule has 0 spiro atoms. The van der Waals surface area contributed by atoms with Crippen LogP contribution in [0.1, 0.15) is 31.5 Å². The van der Waals surface area contributed by atoms with Gasteiger partial charge in [-0.25, -0.2) is 9.18 Å². The van der Waals surface area contributed by atoms with Crippen molar-refractivity contribution in [3.05, 3.63) is 124 Å². The molecule has 9 heteroatoms. The Morgan fingerprint density at radius 2 is 1.46 bits per heavy atom. The molecule has 6 nitrogen and oxygen atoms in total. The van der Waals surface area contributed by atoms with Gasteiger partial charge in [-0.05, 0) is 60.2 Å². The number of hydrogen-bond acceptors (Lipinski definition) is 4. The van der Waals surface area contributed by atoms with E-state index in [4.69, 9.17) is 0 Å². The number of rotatable bonds is 8. The molecule has 0 saturated heterocycles. The van der Waals surface area contributed by atoms with E-state index in [1.807, 2.05) is 30.3 Å². The second-order valence-electron chi connectivity index (χ2n) is 7.85. The zero-order valence-electron chi connectivity index (χ0n) is 19.2. The van der Waals surface area contributed by atoms with Crippen molar-refractivity contribution in [3.63, 3.8) is 0 Å². The molecule has 37 heavy (non-hydrogen) atoms. The molecule has 3 N–H and O–H groups in total. The molecule has 0 saturated carbocycles. The molecule has 186 valence electrons. The molecule has 0 aliphatic carbocycles. The van der Waals surface area contributed by atoms with E-state index in [1.54, 1.807) is 42.5 Å². The predicted octanol–water partition coefficient (Wildman–Crippen LogP) is 7.01. The fourth-order valence-electron chi connectivity index (χ4n) is 3.51. The van der Waals surface area contributed by atoms with Crippen LogP contribution in [0.25, 0.3) is 0 Å². The maximum atomic E-state index is 14.3. The SMILES string of the molecule is O=C(O)c1ccccc1C(=O)Nc1ccc(SC(C(=O)Nc2ccc(Br)cc2F)c2ccccc2)cc1. The van der Waals surface area contributed by atoms with Gasteiger partial charge in [-0.2, -0.15) is 0 Å². The molecule has 0 aromatic heterocycles. The van der Waals surface area contributed by atoms with Gasteiger partial charge in [0, 0.05) is 15.1 Å². The molecule has 1 unspecified atom stereocenters. The zero-order chi connectivity index (χ0) is 26.4. The predicted molar refractivity (Wildman–Crippen MR) is 146 cm³/mol. The molecular weight excluding hydrogens is 559 g/mol. The first-order chi connectivity index (χ1) is 17.8. The minimum atomic E-state index is -1.19. The largest absolute Gasteiger partial charge is 0.478 e. The first kappa shape index (κ1) is 26.1. The van der Waals surface area contributed by atoms with Crippen molar-refractivity contribution in [3.8, 4) is 0 Å². The van der Waals surface area contributed by atoms with Crippen molar-refractivity contribution in [2.75, 3.05) is 10.6 Å².